The molecular weight excluding hydrogens is 252 g/mol. The number of benzene rings is 1. The van der Waals surface area contributed by atoms with Crippen LogP contribution in [0.1, 0.15) is 10.4 Å². The monoisotopic (exact) mass is 264 g/mol. The van der Waals surface area contributed by atoms with Crippen molar-refractivity contribution in [2.75, 3.05) is 13.7 Å². The first kappa shape index (κ1) is 13.0. The van der Waals surface area contributed by atoms with Gasteiger partial charge in [0, 0.05) is 13.7 Å². The van der Waals surface area contributed by atoms with E-state index in [1.165, 1.54) is 29.9 Å². The molecule has 19 heavy (non-hydrogen) atoms. The van der Waals surface area contributed by atoms with Crippen molar-refractivity contribution >= 4 is 17.0 Å². The van der Waals surface area contributed by atoms with Crippen molar-refractivity contribution in [1.29, 1.82) is 0 Å². The van der Waals surface area contributed by atoms with Gasteiger partial charge in [-0.1, -0.05) is 0 Å². The van der Waals surface area contributed by atoms with Crippen molar-refractivity contribution in [1.82, 2.24) is 9.55 Å². The average molecular weight is 264 g/mol. The van der Waals surface area contributed by atoms with Crippen molar-refractivity contribution in [3.63, 3.8) is 0 Å². The van der Waals surface area contributed by atoms with Gasteiger partial charge in [0.1, 0.15) is 0 Å². The number of rotatable bonds is 4. The Morgan fingerprint density at radius 3 is 2.79 bits per heavy atom. The molecule has 0 saturated carbocycles. The Morgan fingerprint density at radius 1 is 1.42 bits per heavy atom. The van der Waals surface area contributed by atoms with Gasteiger partial charge in [0.2, 0.25) is 0 Å². The van der Waals surface area contributed by atoms with E-state index in [-0.39, 0.29) is 18.7 Å². The summed E-state index contributed by atoms with van der Waals surface area (Å²) in [7, 11) is 1.48. The lowest BCUT2D eigenvalue weighted by Crippen LogP contribution is -2.37. The molecular formula is C12H12N2O5. The van der Waals surface area contributed by atoms with Gasteiger partial charge >= 0.3 is 17.1 Å². The molecule has 1 heterocycles. The Balaban J connectivity index is 2.75. The molecule has 0 amide bonds. The lowest BCUT2D eigenvalue weighted by molar-refractivity contribution is 0.0697. The van der Waals surface area contributed by atoms with Crippen molar-refractivity contribution in [2.45, 2.75) is 6.54 Å². The van der Waals surface area contributed by atoms with Gasteiger partial charge in [0.05, 0.1) is 23.2 Å². The highest BCUT2D eigenvalue weighted by molar-refractivity contribution is 5.92. The van der Waals surface area contributed by atoms with Crippen molar-refractivity contribution in [2.24, 2.45) is 0 Å². The molecule has 2 rings (SSSR count). The van der Waals surface area contributed by atoms with Crippen LogP contribution in [0.3, 0.4) is 0 Å². The summed E-state index contributed by atoms with van der Waals surface area (Å²) in [6.07, 6.45) is 0. The SMILES string of the molecule is COCCn1c(=O)c(=O)[nH]c2ccc(C(=O)O)cc21. The van der Waals surface area contributed by atoms with E-state index in [1.54, 1.807) is 0 Å². The number of methoxy groups -OCH3 is 1. The van der Waals surface area contributed by atoms with Crippen LogP contribution in [0.5, 0.6) is 0 Å². The van der Waals surface area contributed by atoms with Crippen LogP contribution >= 0.6 is 0 Å². The molecule has 0 aliphatic heterocycles. The molecule has 0 radical (unpaired) electrons. The fraction of sp³-hybridized carbons (Fsp3) is 0.250. The molecule has 1 aromatic heterocycles. The third-order valence-electron chi connectivity index (χ3n) is 2.74. The van der Waals surface area contributed by atoms with Crippen LogP contribution in [0, 0.1) is 0 Å². The molecule has 100 valence electrons. The highest BCUT2D eigenvalue weighted by atomic mass is 16.5. The fourth-order valence-electron chi connectivity index (χ4n) is 1.81. The lowest BCUT2D eigenvalue weighted by Gasteiger charge is -2.09. The molecule has 0 spiro atoms. The van der Waals surface area contributed by atoms with E-state index in [0.717, 1.165) is 0 Å². The average Bonchev–Trinajstić information content (AvgIpc) is 2.39. The summed E-state index contributed by atoms with van der Waals surface area (Å²) in [5, 5.41) is 8.95. The van der Waals surface area contributed by atoms with E-state index in [4.69, 9.17) is 9.84 Å². The fourth-order valence-corrected chi connectivity index (χ4v) is 1.81. The molecule has 0 aliphatic carbocycles. The number of aromatic amines is 1. The number of hydrogen-bond acceptors (Lipinski definition) is 4. The molecule has 0 saturated heterocycles. The van der Waals surface area contributed by atoms with E-state index in [9.17, 15) is 14.4 Å². The van der Waals surface area contributed by atoms with E-state index in [1.807, 2.05) is 0 Å². The van der Waals surface area contributed by atoms with Crippen LogP contribution in [0.25, 0.3) is 11.0 Å². The zero-order chi connectivity index (χ0) is 14.0. The minimum Gasteiger partial charge on any atom is -0.478 e. The number of carbonyl (C=O) groups is 1. The summed E-state index contributed by atoms with van der Waals surface area (Å²) in [5.41, 5.74) is -0.656. The second-order valence-corrected chi connectivity index (χ2v) is 3.94. The predicted molar refractivity (Wildman–Crippen MR) is 67.7 cm³/mol. The molecule has 2 aromatic rings. The second-order valence-electron chi connectivity index (χ2n) is 3.94. The highest BCUT2D eigenvalue weighted by Crippen LogP contribution is 2.11. The summed E-state index contributed by atoms with van der Waals surface area (Å²) in [6.45, 7) is 0.425. The third-order valence-corrected chi connectivity index (χ3v) is 2.74. The van der Waals surface area contributed by atoms with Crippen molar-refractivity contribution < 1.29 is 14.6 Å². The van der Waals surface area contributed by atoms with Crippen LogP contribution in [-0.4, -0.2) is 34.3 Å². The molecule has 7 nitrogen and oxygen atoms in total. The lowest BCUT2D eigenvalue weighted by atomic mass is 10.2. The number of nitrogens with one attached hydrogen (secondary N) is 1. The summed E-state index contributed by atoms with van der Waals surface area (Å²) < 4.78 is 6.09. The van der Waals surface area contributed by atoms with Crippen LogP contribution in [-0.2, 0) is 11.3 Å². The number of fused-ring (bicyclic) bond motifs is 1. The Morgan fingerprint density at radius 2 is 2.16 bits per heavy atom. The number of aromatic nitrogens is 2. The zero-order valence-electron chi connectivity index (χ0n) is 10.2. The number of ether oxygens (including phenoxy) is 1. The molecule has 0 bridgehead atoms. The second kappa shape index (κ2) is 5.07. The van der Waals surface area contributed by atoms with Gasteiger partial charge in [-0.2, -0.15) is 0 Å². The summed E-state index contributed by atoms with van der Waals surface area (Å²) >= 11 is 0. The first-order chi connectivity index (χ1) is 9.04. The molecule has 2 N–H and O–H groups in total. The van der Waals surface area contributed by atoms with Gasteiger partial charge < -0.3 is 14.8 Å². The topological polar surface area (TPSA) is 101 Å². The molecule has 0 atom stereocenters. The van der Waals surface area contributed by atoms with Gasteiger partial charge in [0.25, 0.3) is 0 Å². The Bertz CT molecular complexity index is 744. The van der Waals surface area contributed by atoms with E-state index in [0.29, 0.717) is 11.0 Å². The van der Waals surface area contributed by atoms with E-state index >= 15 is 0 Å². The normalized spacial score (nSPS) is 10.8. The molecule has 0 unspecified atom stereocenters. The van der Waals surface area contributed by atoms with Crippen molar-refractivity contribution in [3.05, 3.63) is 44.5 Å². The number of carboxylic acid groups (broad SMARTS) is 1. The third kappa shape index (κ3) is 2.41. The van der Waals surface area contributed by atoms with Gasteiger partial charge in [0.15, 0.2) is 0 Å². The van der Waals surface area contributed by atoms with E-state index in [2.05, 4.69) is 4.98 Å². The Kier molecular flexibility index (Phi) is 3.48. The predicted octanol–water partition coefficient (Wildman–Crippen LogP) is 0.0344. The number of carboxylic acids is 1. The first-order valence-electron chi connectivity index (χ1n) is 5.53. The molecule has 7 heteroatoms. The van der Waals surface area contributed by atoms with Crippen LogP contribution in [0.4, 0.5) is 0 Å². The summed E-state index contributed by atoms with van der Waals surface area (Å²) in [5.74, 6) is -1.10. The maximum atomic E-state index is 11.8. The quantitative estimate of drug-likeness (QED) is 0.759. The smallest absolute Gasteiger partial charge is 0.335 e. The van der Waals surface area contributed by atoms with Crippen LogP contribution in [0.2, 0.25) is 0 Å². The van der Waals surface area contributed by atoms with E-state index < -0.39 is 17.1 Å². The zero-order valence-corrected chi connectivity index (χ0v) is 10.2. The molecule has 0 fully saturated rings. The summed E-state index contributed by atoms with van der Waals surface area (Å²) in [4.78, 5) is 36.6. The van der Waals surface area contributed by atoms with Crippen LogP contribution < -0.4 is 11.1 Å². The van der Waals surface area contributed by atoms with Gasteiger partial charge in [-0.3, -0.25) is 14.2 Å². The molecule has 0 aliphatic rings. The number of nitrogens with zero attached hydrogens (tertiary/aromatic N) is 1. The minimum atomic E-state index is -1.10. The highest BCUT2D eigenvalue weighted by Gasteiger charge is 2.10. The van der Waals surface area contributed by atoms with Gasteiger partial charge in [-0.05, 0) is 18.2 Å². The van der Waals surface area contributed by atoms with Crippen LogP contribution in [0.15, 0.2) is 27.8 Å². The maximum absolute atomic E-state index is 11.8. The van der Waals surface area contributed by atoms with Gasteiger partial charge in [-0.15, -0.1) is 0 Å². The minimum absolute atomic E-state index is 0.0464. The summed E-state index contributed by atoms with van der Waals surface area (Å²) in [6, 6.07) is 4.18. The number of aromatic carboxylic acids is 1. The van der Waals surface area contributed by atoms with Gasteiger partial charge in [-0.25, -0.2) is 4.79 Å². The maximum Gasteiger partial charge on any atom is 0.335 e. The number of H-pyrrole nitrogens is 1. The van der Waals surface area contributed by atoms with Crippen molar-refractivity contribution in [3.8, 4) is 0 Å². The number of hydrogen-bond donors (Lipinski definition) is 2. The standard InChI is InChI=1S/C12H12N2O5/c1-19-5-4-14-9-6-7(12(17)18)2-3-8(9)13-10(15)11(14)16/h2-3,6H,4-5H2,1H3,(H,13,15)(H,17,18). The molecule has 1 aromatic carbocycles. The Hall–Kier alpha value is -2.41. The largest absolute Gasteiger partial charge is 0.478 e. The first-order valence-corrected chi connectivity index (χ1v) is 5.53. The Labute approximate surface area is 107 Å².